The van der Waals surface area contributed by atoms with Gasteiger partial charge in [0.05, 0.1) is 0 Å². The van der Waals surface area contributed by atoms with Gasteiger partial charge < -0.3 is 0 Å². The molecule has 0 rings (SSSR count). The van der Waals surface area contributed by atoms with Crippen molar-refractivity contribution in [2.24, 2.45) is 0 Å². The molecule has 0 spiro atoms. The molecule has 0 aromatic rings. The lowest BCUT2D eigenvalue weighted by molar-refractivity contribution is -0.125. The second-order valence-electron chi connectivity index (χ2n) is 2.30. The highest BCUT2D eigenvalue weighted by molar-refractivity contribution is 5.94. The number of carbonyl (C=O) groups excluding carboxylic acids is 2. The molecule has 0 aromatic carbocycles. The molecular weight excluding hydrogens is 156 g/mol. The number of hydrazine groups is 1. The molecule has 68 valence electrons. The molecule has 0 aliphatic rings. The van der Waals surface area contributed by atoms with E-state index in [0.29, 0.717) is 12.0 Å². The monoisotopic (exact) mass is 170 g/mol. The van der Waals surface area contributed by atoms with Gasteiger partial charge >= 0.3 is 0 Å². The fraction of sp³-hybridized carbons (Fsp3) is 0.500. The first-order valence-electron chi connectivity index (χ1n) is 3.83. The van der Waals surface area contributed by atoms with Gasteiger partial charge in [0.1, 0.15) is 0 Å². The molecule has 0 atom stereocenters. The van der Waals surface area contributed by atoms with Crippen molar-refractivity contribution in [3.8, 4) is 0 Å². The number of hydrogen-bond donors (Lipinski definition) is 2. The van der Waals surface area contributed by atoms with Gasteiger partial charge in [0.2, 0.25) is 5.91 Å². The van der Waals surface area contributed by atoms with Gasteiger partial charge in [-0.1, -0.05) is 13.0 Å². The van der Waals surface area contributed by atoms with E-state index < -0.39 is 0 Å². The number of amides is 2. The Balaban J connectivity index is 3.95. The Morgan fingerprint density at radius 2 is 1.92 bits per heavy atom. The van der Waals surface area contributed by atoms with Crippen LogP contribution in [-0.2, 0) is 9.59 Å². The number of nitrogens with one attached hydrogen (secondary N) is 2. The molecule has 2 amide bonds. The van der Waals surface area contributed by atoms with E-state index in [-0.39, 0.29) is 11.8 Å². The molecule has 0 heterocycles. The second kappa shape index (κ2) is 5.35. The number of allylic oxidation sites excluding steroid dienone is 1. The Morgan fingerprint density at radius 3 is 2.25 bits per heavy atom. The van der Waals surface area contributed by atoms with Gasteiger partial charge in [-0.25, -0.2) is 0 Å². The predicted octanol–water partition coefficient (Wildman–Crippen LogP) is 0.510. The average molecular weight is 170 g/mol. The summed E-state index contributed by atoms with van der Waals surface area (Å²) in [5.41, 5.74) is 5.15. The summed E-state index contributed by atoms with van der Waals surface area (Å²) < 4.78 is 0. The summed E-state index contributed by atoms with van der Waals surface area (Å²) in [6.07, 6.45) is 2.37. The highest BCUT2D eigenvalue weighted by atomic mass is 16.2. The van der Waals surface area contributed by atoms with Crippen LogP contribution in [0, 0.1) is 0 Å². The van der Waals surface area contributed by atoms with E-state index in [0.717, 1.165) is 0 Å². The fourth-order valence-corrected chi connectivity index (χ4v) is 0.721. The van der Waals surface area contributed by atoms with E-state index in [2.05, 4.69) is 10.9 Å². The first kappa shape index (κ1) is 10.7. The quantitative estimate of drug-likeness (QED) is 0.468. The third-order valence-corrected chi connectivity index (χ3v) is 1.37. The largest absolute Gasteiger partial charge is 0.274 e. The number of carbonyl (C=O) groups is 2. The Bertz CT molecular complexity index is 209. The lowest BCUT2D eigenvalue weighted by Crippen LogP contribution is -2.40. The van der Waals surface area contributed by atoms with Gasteiger partial charge in [-0.3, -0.25) is 20.4 Å². The Kier molecular flexibility index (Phi) is 4.76. The van der Waals surface area contributed by atoms with Crippen molar-refractivity contribution in [3.05, 3.63) is 11.6 Å². The van der Waals surface area contributed by atoms with Crippen LogP contribution in [0.3, 0.4) is 0 Å². The Hall–Kier alpha value is -1.32. The molecule has 0 saturated heterocycles. The first-order chi connectivity index (χ1) is 5.61. The average Bonchev–Trinajstić information content (AvgIpc) is 2.03. The molecule has 4 nitrogen and oxygen atoms in total. The Labute approximate surface area is 72.0 Å². The fourth-order valence-electron chi connectivity index (χ4n) is 0.721. The molecule has 0 bridgehead atoms. The molecule has 2 N–H and O–H groups in total. The van der Waals surface area contributed by atoms with Gasteiger partial charge in [0.15, 0.2) is 0 Å². The SMILES string of the molecule is C/C=C(/CC)C(=O)NNC(C)=O. The second-order valence-corrected chi connectivity index (χ2v) is 2.30. The first-order valence-corrected chi connectivity index (χ1v) is 3.83. The van der Waals surface area contributed by atoms with E-state index in [4.69, 9.17) is 0 Å². The van der Waals surface area contributed by atoms with Gasteiger partial charge in [0.25, 0.3) is 5.91 Å². The summed E-state index contributed by atoms with van der Waals surface area (Å²) in [6.45, 7) is 5.00. The minimum Gasteiger partial charge on any atom is -0.274 e. The van der Waals surface area contributed by atoms with E-state index in [9.17, 15) is 9.59 Å². The number of rotatable bonds is 2. The van der Waals surface area contributed by atoms with Crippen LogP contribution in [0.1, 0.15) is 27.2 Å². The van der Waals surface area contributed by atoms with E-state index in [1.807, 2.05) is 6.92 Å². The predicted molar refractivity (Wildman–Crippen MR) is 46.0 cm³/mol. The highest BCUT2D eigenvalue weighted by Crippen LogP contribution is 1.98. The van der Waals surface area contributed by atoms with Crippen molar-refractivity contribution in [1.82, 2.24) is 10.9 Å². The van der Waals surface area contributed by atoms with Crippen LogP contribution in [0.5, 0.6) is 0 Å². The lowest BCUT2D eigenvalue weighted by Gasteiger charge is -2.05. The molecule has 0 aromatic heterocycles. The molecule has 0 aliphatic carbocycles. The van der Waals surface area contributed by atoms with E-state index >= 15 is 0 Å². The molecule has 0 radical (unpaired) electrons. The molecule has 4 heteroatoms. The molecule has 0 fully saturated rings. The van der Waals surface area contributed by atoms with E-state index in [1.165, 1.54) is 6.92 Å². The van der Waals surface area contributed by atoms with Crippen molar-refractivity contribution in [2.75, 3.05) is 0 Å². The molecule has 0 aliphatic heterocycles. The zero-order valence-corrected chi connectivity index (χ0v) is 7.60. The zero-order valence-electron chi connectivity index (χ0n) is 7.60. The van der Waals surface area contributed by atoms with Gasteiger partial charge in [-0.05, 0) is 13.3 Å². The van der Waals surface area contributed by atoms with Crippen LogP contribution in [0.25, 0.3) is 0 Å². The minimum absolute atomic E-state index is 0.254. The standard InChI is InChI=1S/C8H14N2O2/c1-4-7(5-2)8(12)10-9-6(3)11/h4H,5H2,1-3H3,(H,9,11)(H,10,12)/b7-4-. The summed E-state index contributed by atoms with van der Waals surface area (Å²) in [6, 6.07) is 0. The summed E-state index contributed by atoms with van der Waals surface area (Å²) in [5.74, 6) is -0.537. The van der Waals surface area contributed by atoms with E-state index in [1.54, 1.807) is 13.0 Å². The summed E-state index contributed by atoms with van der Waals surface area (Å²) in [7, 11) is 0. The molecule has 12 heavy (non-hydrogen) atoms. The minimum atomic E-state index is -0.282. The van der Waals surface area contributed by atoms with Crippen LogP contribution >= 0.6 is 0 Å². The zero-order chi connectivity index (χ0) is 9.56. The van der Waals surface area contributed by atoms with Crippen LogP contribution in [0.4, 0.5) is 0 Å². The van der Waals surface area contributed by atoms with Crippen molar-refractivity contribution in [2.45, 2.75) is 27.2 Å². The van der Waals surface area contributed by atoms with Crippen molar-refractivity contribution < 1.29 is 9.59 Å². The summed E-state index contributed by atoms with van der Waals surface area (Å²) >= 11 is 0. The number of hydrogen-bond acceptors (Lipinski definition) is 2. The third kappa shape index (κ3) is 3.75. The van der Waals surface area contributed by atoms with Crippen molar-refractivity contribution in [3.63, 3.8) is 0 Å². The normalized spacial score (nSPS) is 10.8. The van der Waals surface area contributed by atoms with Crippen molar-refractivity contribution >= 4 is 11.8 Å². The maximum Gasteiger partial charge on any atom is 0.265 e. The summed E-state index contributed by atoms with van der Waals surface area (Å²) in [4.78, 5) is 21.5. The highest BCUT2D eigenvalue weighted by Gasteiger charge is 2.04. The van der Waals surface area contributed by atoms with Gasteiger partial charge in [-0.15, -0.1) is 0 Å². The maximum absolute atomic E-state index is 11.1. The van der Waals surface area contributed by atoms with Crippen LogP contribution in [0.15, 0.2) is 11.6 Å². The van der Waals surface area contributed by atoms with Gasteiger partial charge in [-0.2, -0.15) is 0 Å². The van der Waals surface area contributed by atoms with Gasteiger partial charge in [0, 0.05) is 12.5 Å². The van der Waals surface area contributed by atoms with Crippen LogP contribution in [-0.4, -0.2) is 11.8 Å². The smallest absolute Gasteiger partial charge is 0.265 e. The maximum atomic E-state index is 11.1. The topological polar surface area (TPSA) is 58.2 Å². The molecule has 0 unspecified atom stereocenters. The van der Waals surface area contributed by atoms with Crippen molar-refractivity contribution in [1.29, 1.82) is 0 Å². The lowest BCUT2D eigenvalue weighted by atomic mass is 10.2. The van der Waals surface area contributed by atoms with Crippen LogP contribution < -0.4 is 10.9 Å². The molecular formula is C8H14N2O2. The van der Waals surface area contributed by atoms with Crippen LogP contribution in [0.2, 0.25) is 0 Å². The summed E-state index contributed by atoms with van der Waals surface area (Å²) in [5, 5.41) is 0. The Morgan fingerprint density at radius 1 is 1.33 bits per heavy atom. The molecule has 0 saturated carbocycles. The third-order valence-electron chi connectivity index (χ3n) is 1.37.